The number of sulfonamides is 1. The number of rotatable bonds is 4. The number of hydrogen-bond acceptors (Lipinski definition) is 6. The molecule has 2 rings (SSSR count). The van der Waals surface area contributed by atoms with Gasteiger partial charge in [0.2, 0.25) is 0 Å². The summed E-state index contributed by atoms with van der Waals surface area (Å²) in [7, 11) is -3.76. The van der Waals surface area contributed by atoms with Crippen LogP contribution in [0.5, 0.6) is 0 Å². The lowest BCUT2D eigenvalue weighted by molar-refractivity contribution is 0.318. The molecular weight excluding hydrogens is 312 g/mol. The molecule has 0 aliphatic heterocycles. The summed E-state index contributed by atoms with van der Waals surface area (Å²) in [5.41, 5.74) is 6.88. The Labute approximate surface area is 126 Å². The smallest absolute Gasteiger partial charge is 0.273 e. The molecule has 0 aliphatic carbocycles. The van der Waals surface area contributed by atoms with Crippen molar-refractivity contribution in [2.75, 3.05) is 4.72 Å². The van der Waals surface area contributed by atoms with Gasteiger partial charge in [0.15, 0.2) is 10.0 Å². The first-order valence-corrected chi connectivity index (χ1v) is 8.18. The van der Waals surface area contributed by atoms with Gasteiger partial charge in [0, 0.05) is 5.56 Å². The number of benzene rings is 1. The van der Waals surface area contributed by atoms with Crippen LogP contribution < -0.4 is 10.5 Å². The third kappa shape index (κ3) is 3.14. The average molecular weight is 326 g/mol. The van der Waals surface area contributed by atoms with Gasteiger partial charge in [-0.1, -0.05) is 17.3 Å². The zero-order valence-electron chi connectivity index (χ0n) is 11.4. The fourth-order valence-corrected chi connectivity index (χ4v) is 3.98. The quantitative estimate of drug-likeness (QED) is 0.342. The molecule has 1 heterocycles. The SMILES string of the molecule is Cc1ncc(S(=O)(=O)Nc2cccc(C)c2/C(N)=N/O)s1. The van der Waals surface area contributed by atoms with Crippen molar-refractivity contribution in [3.63, 3.8) is 0 Å². The number of amidine groups is 1. The van der Waals surface area contributed by atoms with E-state index in [1.807, 2.05) is 0 Å². The summed E-state index contributed by atoms with van der Waals surface area (Å²) < 4.78 is 27.2. The van der Waals surface area contributed by atoms with Gasteiger partial charge in [0.1, 0.15) is 0 Å². The first-order valence-electron chi connectivity index (χ1n) is 5.88. The number of aryl methyl sites for hydroxylation is 2. The Bertz CT molecular complexity index is 797. The summed E-state index contributed by atoms with van der Waals surface area (Å²) in [6.07, 6.45) is 1.29. The fourth-order valence-electron chi connectivity index (χ4n) is 1.80. The fraction of sp³-hybridized carbons (Fsp3) is 0.167. The second-order valence-corrected chi connectivity index (χ2v) is 7.43. The molecule has 1 aromatic heterocycles. The first kappa shape index (κ1) is 15.3. The van der Waals surface area contributed by atoms with Gasteiger partial charge in [-0.25, -0.2) is 13.4 Å². The van der Waals surface area contributed by atoms with Gasteiger partial charge in [0.25, 0.3) is 10.0 Å². The predicted molar refractivity (Wildman–Crippen MR) is 81.3 cm³/mol. The van der Waals surface area contributed by atoms with Crippen LogP contribution in [0, 0.1) is 13.8 Å². The van der Waals surface area contributed by atoms with Crippen molar-refractivity contribution in [1.82, 2.24) is 4.98 Å². The first-order chi connectivity index (χ1) is 9.85. The van der Waals surface area contributed by atoms with Gasteiger partial charge in [-0.05, 0) is 25.5 Å². The molecule has 2 aromatic rings. The molecule has 0 unspecified atom stereocenters. The van der Waals surface area contributed by atoms with Crippen molar-refractivity contribution in [3.05, 3.63) is 40.5 Å². The minimum atomic E-state index is -3.76. The molecule has 7 nitrogen and oxygen atoms in total. The van der Waals surface area contributed by atoms with Crippen LogP contribution in [0.25, 0.3) is 0 Å². The van der Waals surface area contributed by atoms with Gasteiger partial charge in [0.05, 0.1) is 16.9 Å². The molecule has 0 radical (unpaired) electrons. The predicted octanol–water partition coefficient (Wildman–Crippen LogP) is 1.66. The van der Waals surface area contributed by atoms with Gasteiger partial charge in [-0.3, -0.25) is 4.72 Å². The average Bonchev–Trinajstić information content (AvgIpc) is 2.85. The highest BCUT2D eigenvalue weighted by Crippen LogP contribution is 2.25. The highest BCUT2D eigenvalue weighted by molar-refractivity contribution is 7.94. The summed E-state index contributed by atoms with van der Waals surface area (Å²) in [6.45, 7) is 3.46. The molecule has 0 spiro atoms. The lowest BCUT2D eigenvalue weighted by Crippen LogP contribution is -2.20. The van der Waals surface area contributed by atoms with Crippen LogP contribution >= 0.6 is 11.3 Å². The van der Waals surface area contributed by atoms with Crippen molar-refractivity contribution >= 4 is 32.9 Å². The summed E-state index contributed by atoms with van der Waals surface area (Å²) in [6, 6.07) is 4.97. The van der Waals surface area contributed by atoms with Crippen molar-refractivity contribution < 1.29 is 13.6 Å². The van der Waals surface area contributed by atoms with E-state index in [1.165, 1.54) is 6.20 Å². The van der Waals surface area contributed by atoms with Crippen molar-refractivity contribution in [1.29, 1.82) is 0 Å². The topological polar surface area (TPSA) is 118 Å². The molecule has 0 aliphatic rings. The van der Waals surface area contributed by atoms with Crippen LogP contribution in [-0.4, -0.2) is 24.4 Å². The number of nitrogens with two attached hydrogens (primary N) is 1. The van der Waals surface area contributed by atoms with Gasteiger partial charge < -0.3 is 10.9 Å². The van der Waals surface area contributed by atoms with E-state index in [1.54, 1.807) is 32.0 Å². The van der Waals surface area contributed by atoms with Crippen LogP contribution in [0.1, 0.15) is 16.1 Å². The third-order valence-corrected chi connectivity index (χ3v) is 5.49. The summed E-state index contributed by atoms with van der Waals surface area (Å²) >= 11 is 1.07. The molecule has 4 N–H and O–H groups in total. The summed E-state index contributed by atoms with van der Waals surface area (Å²) in [4.78, 5) is 3.93. The minimum Gasteiger partial charge on any atom is -0.409 e. The number of thiazole rings is 1. The van der Waals surface area contributed by atoms with Crippen LogP contribution in [0.15, 0.2) is 33.8 Å². The number of oxime groups is 1. The Kier molecular flexibility index (Phi) is 4.14. The Morgan fingerprint density at radius 2 is 2.14 bits per heavy atom. The Morgan fingerprint density at radius 1 is 1.43 bits per heavy atom. The van der Waals surface area contributed by atoms with Crippen LogP contribution in [0.2, 0.25) is 0 Å². The number of hydrogen-bond donors (Lipinski definition) is 3. The van der Waals surface area contributed by atoms with E-state index in [0.29, 0.717) is 16.1 Å². The Hall–Kier alpha value is -2.13. The maximum atomic E-state index is 12.3. The Balaban J connectivity index is 2.47. The Morgan fingerprint density at radius 3 is 2.71 bits per heavy atom. The maximum Gasteiger partial charge on any atom is 0.273 e. The van der Waals surface area contributed by atoms with Gasteiger partial charge in [-0.15, -0.1) is 11.3 Å². The van der Waals surface area contributed by atoms with E-state index >= 15 is 0 Å². The van der Waals surface area contributed by atoms with Crippen molar-refractivity contribution in [2.24, 2.45) is 10.9 Å². The number of anilines is 1. The molecular formula is C12H14N4O3S2. The second kappa shape index (κ2) is 5.70. The molecule has 0 bridgehead atoms. The van der Waals surface area contributed by atoms with Crippen molar-refractivity contribution in [3.8, 4) is 0 Å². The molecule has 0 fully saturated rings. The van der Waals surface area contributed by atoms with E-state index in [4.69, 9.17) is 10.9 Å². The number of aromatic nitrogens is 1. The normalized spacial score (nSPS) is 12.4. The molecule has 112 valence electrons. The molecule has 1 aromatic carbocycles. The van der Waals surface area contributed by atoms with Crippen LogP contribution in [-0.2, 0) is 10.0 Å². The standard InChI is InChI=1S/C12H14N4O3S2/c1-7-4-3-5-9(11(7)12(13)15-17)16-21(18,19)10-6-14-8(2)20-10/h3-6,16-17H,1-2H3,(H2,13,15). The van der Waals surface area contributed by atoms with E-state index in [2.05, 4.69) is 14.9 Å². The highest BCUT2D eigenvalue weighted by Gasteiger charge is 2.20. The number of nitrogens with zero attached hydrogens (tertiary/aromatic N) is 2. The minimum absolute atomic E-state index is 0.104. The van der Waals surface area contributed by atoms with E-state index in [9.17, 15) is 8.42 Å². The molecule has 0 saturated carbocycles. The second-order valence-electron chi connectivity index (χ2n) is 4.29. The highest BCUT2D eigenvalue weighted by atomic mass is 32.2. The van der Waals surface area contributed by atoms with E-state index < -0.39 is 10.0 Å². The lowest BCUT2D eigenvalue weighted by atomic mass is 10.1. The zero-order valence-corrected chi connectivity index (χ0v) is 13.0. The molecule has 0 saturated heterocycles. The van der Waals surface area contributed by atoms with E-state index in [-0.39, 0.29) is 15.7 Å². The molecule has 0 atom stereocenters. The summed E-state index contributed by atoms with van der Waals surface area (Å²) in [5, 5.41) is 12.4. The van der Waals surface area contributed by atoms with E-state index in [0.717, 1.165) is 11.3 Å². The van der Waals surface area contributed by atoms with Gasteiger partial charge >= 0.3 is 0 Å². The molecule has 21 heavy (non-hydrogen) atoms. The van der Waals surface area contributed by atoms with Gasteiger partial charge in [-0.2, -0.15) is 0 Å². The zero-order chi connectivity index (χ0) is 15.6. The largest absolute Gasteiger partial charge is 0.409 e. The third-order valence-electron chi connectivity index (χ3n) is 2.75. The van der Waals surface area contributed by atoms with Crippen LogP contribution in [0.3, 0.4) is 0 Å². The summed E-state index contributed by atoms with van der Waals surface area (Å²) in [5.74, 6) is -0.161. The maximum absolute atomic E-state index is 12.3. The number of nitrogens with one attached hydrogen (secondary N) is 1. The molecule has 9 heteroatoms. The monoisotopic (exact) mass is 326 g/mol. The lowest BCUT2D eigenvalue weighted by Gasteiger charge is -2.12. The molecule has 0 amide bonds. The van der Waals surface area contributed by atoms with Crippen LogP contribution in [0.4, 0.5) is 5.69 Å². The van der Waals surface area contributed by atoms with Crippen molar-refractivity contribution in [2.45, 2.75) is 18.1 Å².